The number of allylic oxidation sites excluding steroid dienone is 1. The van der Waals surface area contributed by atoms with Crippen LogP contribution >= 0.6 is 7.82 Å². The molecule has 2 aliphatic heterocycles. The number of amides is 1. The Balaban J connectivity index is 0.000000671. The highest BCUT2D eigenvalue weighted by atomic mass is 31.2. The average Bonchev–Trinajstić information content (AvgIpc) is 3.62. The summed E-state index contributed by atoms with van der Waals surface area (Å²) in [6.45, 7) is 2.93. The van der Waals surface area contributed by atoms with Crippen molar-refractivity contribution in [3.63, 3.8) is 0 Å². The smallest absolute Gasteiger partial charge is 0.472 e. The van der Waals surface area contributed by atoms with E-state index in [0.29, 0.717) is 34.9 Å². The first-order valence-electron chi connectivity index (χ1n) is 13.6. The molecule has 0 saturated carbocycles. The number of phosphoric acid groups is 1. The molecule has 258 valence electrons. The number of carboxylic acids is 1. The predicted octanol–water partition coefficient (Wildman–Crippen LogP) is 3.27. The number of hydrogen-bond donors (Lipinski definition) is 2. The number of carboxylic acid groups (broad SMARTS) is 1. The summed E-state index contributed by atoms with van der Waals surface area (Å²) >= 11 is 0. The Bertz CT molecular complexity index is 1850. The summed E-state index contributed by atoms with van der Waals surface area (Å²) in [6, 6.07) is 6.56. The quantitative estimate of drug-likeness (QED) is 0.163. The fraction of sp³-hybridized carbons (Fsp3) is 0.276. The second-order valence-corrected chi connectivity index (χ2v) is 11.6. The average molecular weight is 706 g/mol. The summed E-state index contributed by atoms with van der Waals surface area (Å²) in [5.41, 5.74) is 3.07. The van der Waals surface area contributed by atoms with Crippen molar-refractivity contribution in [2.75, 3.05) is 13.7 Å². The van der Waals surface area contributed by atoms with E-state index in [9.17, 15) is 35.7 Å². The van der Waals surface area contributed by atoms with Crippen LogP contribution in [0.2, 0.25) is 0 Å². The van der Waals surface area contributed by atoms with E-state index in [1.165, 1.54) is 16.6 Å². The number of aryl methyl sites for hydroxylation is 1. The Hall–Kier alpha value is -4.64. The van der Waals surface area contributed by atoms with E-state index in [0.717, 1.165) is 17.7 Å². The summed E-state index contributed by atoms with van der Waals surface area (Å²) in [5, 5.41) is 8.78. The lowest BCUT2D eigenvalue weighted by Gasteiger charge is -2.35. The number of methoxy groups -OCH3 is 1. The molecule has 2 N–H and O–H groups in total. The molecule has 0 bridgehead atoms. The second kappa shape index (κ2) is 13.8. The Labute approximate surface area is 267 Å². The summed E-state index contributed by atoms with van der Waals surface area (Å²) in [5.74, 6) is -6.70. The number of fused-ring (bicyclic) bond motifs is 1. The third-order valence-corrected chi connectivity index (χ3v) is 7.66. The summed E-state index contributed by atoms with van der Waals surface area (Å²) in [6.07, 6.45) is 0.143. The summed E-state index contributed by atoms with van der Waals surface area (Å²) in [4.78, 5) is 41.0. The topological polar surface area (TPSA) is 154 Å². The van der Waals surface area contributed by atoms with Crippen LogP contribution in [0.5, 0.6) is 5.75 Å². The number of halogens is 6. The van der Waals surface area contributed by atoms with Crippen molar-refractivity contribution in [3.05, 3.63) is 89.0 Å². The van der Waals surface area contributed by atoms with Crippen molar-refractivity contribution >= 4 is 31.0 Å². The molecule has 1 amide bonds. The van der Waals surface area contributed by atoms with Gasteiger partial charge < -0.3 is 29.2 Å². The lowest BCUT2D eigenvalue weighted by atomic mass is 9.99. The van der Waals surface area contributed by atoms with Gasteiger partial charge in [-0.15, -0.1) is 0 Å². The van der Waals surface area contributed by atoms with E-state index >= 15 is 0 Å². The second-order valence-electron chi connectivity index (χ2n) is 10.3. The van der Waals surface area contributed by atoms with Crippen LogP contribution in [-0.2, 0) is 30.1 Å². The molecule has 0 spiro atoms. The molecule has 1 fully saturated rings. The van der Waals surface area contributed by atoms with Crippen LogP contribution in [0.3, 0.4) is 0 Å². The van der Waals surface area contributed by atoms with E-state index in [4.69, 9.17) is 29.2 Å². The lowest BCUT2D eigenvalue weighted by Crippen LogP contribution is -2.44. The molecule has 0 radical (unpaired) electrons. The number of nitrogens with zero attached hydrogens (tertiary/aromatic N) is 3. The van der Waals surface area contributed by atoms with Gasteiger partial charge in [0.2, 0.25) is 6.73 Å². The molecule has 0 unspecified atom stereocenters. The third-order valence-electron chi connectivity index (χ3n) is 7.21. The minimum atomic E-state index is -5.19. The molecule has 1 aromatic heterocycles. The van der Waals surface area contributed by atoms with Crippen LogP contribution < -0.4 is 14.4 Å². The van der Waals surface area contributed by atoms with Crippen LogP contribution in [0, 0.1) is 24.4 Å². The van der Waals surface area contributed by atoms with Crippen molar-refractivity contribution in [1.82, 2.24) is 9.47 Å². The number of hydrogen-bond acceptors (Lipinski definition) is 7. The normalized spacial score (nSPS) is 17.2. The van der Waals surface area contributed by atoms with Gasteiger partial charge in [-0.3, -0.25) is 9.69 Å². The molecule has 19 heteroatoms. The number of alkyl halides is 3. The number of aliphatic carboxylic acids is 1. The van der Waals surface area contributed by atoms with Crippen molar-refractivity contribution < 1.29 is 74.0 Å². The monoisotopic (exact) mass is 705 g/mol. The number of aromatic nitrogens is 2. The number of imidazole rings is 1. The zero-order chi connectivity index (χ0) is 35.7. The number of carbonyl (C=O) groups excluding carboxylic acids is 2. The molecular weight excluding hydrogens is 679 g/mol. The molecule has 0 aliphatic carbocycles. The van der Waals surface area contributed by atoms with Crippen molar-refractivity contribution in [3.8, 4) is 11.4 Å². The maximum atomic E-state index is 13.9. The van der Waals surface area contributed by atoms with Crippen LogP contribution in [-0.4, -0.2) is 57.1 Å². The first kappa shape index (κ1) is 36.2. The van der Waals surface area contributed by atoms with Crippen LogP contribution in [0.4, 0.5) is 26.3 Å². The number of benzene rings is 2. The van der Waals surface area contributed by atoms with Gasteiger partial charge in [0.25, 0.3) is 12.2 Å². The standard InChI is InChI=1S/C27H25F3N3O7P.C2HF3O2/c1-15-11-31(13-32(15)14-40-41(35,36)37)22-5-4-17(10-24(22)38-3)16(2)27-23-7-6-21(33(23)25(34)12-39-27)18-8-19(28)26(30)20(29)9-18;3-2(4,5)1(6)7/h4-6,8-11,13,23H,7,12,14H2,1-3H3,(H-,35,36,37);(H,6,7)/t23-;/m1./s1. The van der Waals surface area contributed by atoms with E-state index in [2.05, 4.69) is 4.52 Å². The Morgan fingerprint density at radius 3 is 2.35 bits per heavy atom. The van der Waals surface area contributed by atoms with Gasteiger partial charge >= 0.3 is 14.0 Å². The van der Waals surface area contributed by atoms with Crippen molar-refractivity contribution in [2.24, 2.45) is 0 Å². The summed E-state index contributed by atoms with van der Waals surface area (Å²) in [7, 11) is -3.15. The zero-order valence-corrected chi connectivity index (χ0v) is 26.0. The van der Waals surface area contributed by atoms with E-state index in [1.807, 2.05) is 13.0 Å². The first-order valence-corrected chi connectivity index (χ1v) is 15.1. The van der Waals surface area contributed by atoms with Crippen LogP contribution in [0.1, 0.15) is 30.2 Å². The van der Waals surface area contributed by atoms with Crippen LogP contribution in [0.25, 0.3) is 17.0 Å². The molecule has 48 heavy (non-hydrogen) atoms. The molecule has 2 aromatic carbocycles. The highest BCUT2D eigenvalue weighted by molar-refractivity contribution is 7.46. The van der Waals surface area contributed by atoms with Crippen molar-refractivity contribution in [1.29, 1.82) is 0 Å². The van der Waals surface area contributed by atoms with E-state index in [-0.39, 0.29) is 24.6 Å². The number of morpholine rings is 1. The number of phosphoric ester groups is 1. The van der Waals surface area contributed by atoms with Gasteiger partial charge in [-0.2, -0.15) is 17.7 Å². The van der Waals surface area contributed by atoms with Gasteiger partial charge in [0.15, 0.2) is 35.5 Å². The SMILES string of the molecule is COc1cc(C(C)=C2OCC(=O)N3C(c4cc(F)c(F)c(F)c4)=CC[C@H]23)ccc1-[n+]1cc(C)n(COP(=O)(O)O)c1.O=C([O-])C(F)(F)F. The third kappa shape index (κ3) is 7.90. The number of ether oxygens (including phenoxy) is 2. The maximum absolute atomic E-state index is 13.9. The molecule has 3 aromatic rings. The van der Waals surface area contributed by atoms with Gasteiger partial charge in [-0.05, 0) is 48.7 Å². The van der Waals surface area contributed by atoms with E-state index in [1.54, 1.807) is 42.2 Å². The highest BCUT2D eigenvalue weighted by Crippen LogP contribution is 2.40. The predicted molar refractivity (Wildman–Crippen MR) is 150 cm³/mol. The van der Waals surface area contributed by atoms with E-state index < -0.39 is 49.4 Å². The lowest BCUT2D eigenvalue weighted by molar-refractivity contribution is -0.596. The molecule has 12 nitrogen and oxygen atoms in total. The van der Waals surface area contributed by atoms with Gasteiger partial charge in [-0.25, -0.2) is 26.8 Å². The van der Waals surface area contributed by atoms with Gasteiger partial charge in [0, 0.05) is 18.2 Å². The molecule has 1 atom stereocenters. The highest BCUT2D eigenvalue weighted by Gasteiger charge is 2.40. The van der Waals surface area contributed by atoms with Gasteiger partial charge in [-0.1, -0.05) is 12.1 Å². The number of carbonyl (C=O) groups is 2. The van der Waals surface area contributed by atoms with Crippen molar-refractivity contribution in [2.45, 2.75) is 39.2 Å². The Morgan fingerprint density at radius 2 is 1.79 bits per heavy atom. The fourth-order valence-electron chi connectivity index (χ4n) is 4.97. The Kier molecular flexibility index (Phi) is 10.4. The zero-order valence-electron chi connectivity index (χ0n) is 25.1. The van der Waals surface area contributed by atoms with Gasteiger partial charge in [0.05, 0.1) is 13.2 Å². The summed E-state index contributed by atoms with van der Waals surface area (Å²) < 4.78 is 103. The molecule has 5 rings (SSSR count). The van der Waals surface area contributed by atoms with Crippen LogP contribution in [0.15, 0.2) is 54.7 Å². The minimum Gasteiger partial charge on any atom is -0.542 e. The molecule has 2 aliphatic rings. The van der Waals surface area contributed by atoms with Gasteiger partial charge in [0.1, 0.15) is 23.6 Å². The molecule has 3 heterocycles. The molecular formula is C29H26F6N3O9P. The maximum Gasteiger partial charge on any atom is 0.472 e. The minimum absolute atomic E-state index is 0.0487. The first-order chi connectivity index (χ1) is 22.3. The Morgan fingerprint density at radius 1 is 1.17 bits per heavy atom. The largest absolute Gasteiger partial charge is 0.542 e. The fourth-order valence-corrected chi connectivity index (χ4v) is 5.25. The molecule has 1 saturated heterocycles. The number of rotatable bonds is 7.